The minimum Gasteiger partial charge on any atom is -0.492 e. The van der Waals surface area contributed by atoms with Gasteiger partial charge in [0.2, 0.25) is 0 Å². The number of carbonyl (C=O) groups is 1. The lowest BCUT2D eigenvalue weighted by molar-refractivity contribution is -0.142. The van der Waals surface area contributed by atoms with Gasteiger partial charge in [-0.1, -0.05) is 17.7 Å². The van der Waals surface area contributed by atoms with Crippen molar-refractivity contribution in [3.63, 3.8) is 0 Å². The number of rotatable bonds is 5. The van der Waals surface area contributed by atoms with Crippen LogP contribution in [0.15, 0.2) is 18.2 Å². The Bertz CT molecular complexity index is 459. The number of nitrogens with zero attached hydrogens (tertiary/aromatic N) is 1. The number of likely N-dealkylation sites (tertiary alicyclic amines) is 1. The highest BCUT2D eigenvalue weighted by Crippen LogP contribution is 2.20. The zero-order valence-electron chi connectivity index (χ0n) is 11.6. The molecule has 0 bridgehead atoms. The van der Waals surface area contributed by atoms with Gasteiger partial charge in [-0.05, 0) is 44.9 Å². The lowest BCUT2D eigenvalue weighted by Gasteiger charge is -2.21. The number of aliphatic carboxylic acids is 1. The molecule has 0 aromatic heterocycles. The molecule has 4 heteroatoms. The van der Waals surface area contributed by atoms with Crippen molar-refractivity contribution in [1.29, 1.82) is 0 Å². The maximum atomic E-state index is 11.1. The van der Waals surface area contributed by atoms with Gasteiger partial charge in [0, 0.05) is 6.54 Å². The molecule has 19 heavy (non-hydrogen) atoms. The Hall–Kier alpha value is -1.55. The average molecular weight is 263 g/mol. The van der Waals surface area contributed by atoms with Crippen LogP contribution in [0.2, 0.25) is 0 Å². The van der Waals surface area contributed by atoms with Crippen LogP contribution in [0.1, 0.15) is 24.0 Å². The summed E-state index contributed by atoms with van der Waals surface area (Å²) in [6.07, 6.45) is 1.71. The first-order chi connectivity index (χ1) is 9.08. The van der Waals surface area contributed by atoms with E-state index in [1.54, 1.807) is 0 Å². The van der Waals surface area contributed by atoms with E-state index in [4.69, 9.17) is 9.84 Å². The molecule has 1 heterocycles. The van der Waals surface area contributed by atoms with Gasteiger partial charge in [0.1, 0.15) is 18.4 Å². The fourth-order valence-electron chi connectivity index (χ4n) is 2.61. The third kappa shape index (κ3) is 3.47. The molecule has 0 saturated carbocycles. The highest BCUT2D eigenvalue weighted by molar-refractivity contribution is 5.73. The number of benzene rings is 1. The van der Waals surface area contributed by atoms with E-state index < -0.39 is 5.97 Å². The Balaban J connectivity index is 1.84. The molecular weight excluding hydrogens is 242 g/mol. The Morgan fingerprint density at radius 3 is 2.95 bits per heavy atom. The van der Waals surface area contributed by atoms with Gasteiger partial charge in [0.25, 0.3) is 0 Å². The molecule has 1 fully saturated rings. The lowest BCUT2D eigenvalue weighted by atomic mass is 10.1. The average Bonchev–Trinajstić information content (AvgIpc) is 2.80. The number of hydrogen-bond donors (Lipinski definition) is 1. The molecule has 1 aromatic rings. The molecule has 0 amide bonds. The first kappa shape index (κ1) is 13.9. The third-order valence-corrected chi connectivity index (χ3v) is 3.62. The van der Waals surface area contributed by atoms with Gasteiger partial charge >= 0.3 is 5.97 Å². The molecule has 1 unspecified atom stereocenters. The number of carboxylic acids is 1. The van der Waals surface area contributed by atoms with Gasteiger partial charge < -0.3 is 9.84 Å². The SMILES string of the molecule is Cc1ccc(OCCN2CCCC2C(=O)O)c(C)c1. The van der Waals surface area contributed by atoms with Crippen LogP contribution in [-0.2, 0) is 4.79 Å². The number of hydrogen-bond acceptors (Lipinski definition) is 3. The Kier molecular flexibility index (Phi) is 4.43. The summed E-state index contributed by atoms with van der Waals surface area (Å²) in [6.45, 7) is 6.14. The van der Waals surface area contributed by atoms with Gasteiger partial charge in [-0.25, -0.2) is 0 Å². The predicted octanol–water partition coefficient (Wildman–Crippen LogP) is 2.23. The summed E-state index contributed by atoms with van der Waals surface area (Å²) in [6, 6.07) is 5.76. The topological polar surface area (TPSA) is 49.8 Å². The van der Waals surface area contributed by atoms with Gasteiger partial charge in [-0.3, -0.25) is 9.69 Å². The van der Waals surface area contributed by atoms with E-state index in [1.165, 1.54) is 5.56 Å². The third-order valence-electron chi connectivity index (χ3n) is 3.62. The van der Waals surface area contributed by atoms with Gasteiger partial charge in [0.05, 0.1) is 0 Å². The maximum absolute atomic E-state index is 11.1. The Labute approximate surface area is 114 Å². The summed E-state index contributed by atoms with van der Waals surface area (Å²) < 4.78 is 5.75. The summed E-state index contributed by atoms with van der Waals surface area (Å²) in [4.78, 5) is 13.0. The fraction of sp³-hybridized carbons (Fsp3) is 0.533. The second-order valence-electron chi connectivity index (χ2n) is 5.15. The van der Waals surface area contributed by atoms with Crippen LogP contribution in [0.5, 0.6) is 5.75 Å². The van der Waals surface area contributed by atoms with Crippen LogP contribution >= 0.6 is 0 Å². The van der Waals surface area contributed by atoms with E-state index >= 15 is 0 Å². The summed E-state index contributed by atoms with van der Waals surface area (Å²) in [7, 11) is 0. The zero-order chi connectivity index (χ0) is 13.8. The molecule has 104 valence electrons. The molecule has 1 aliphatic heterocycles. The molecule has 4 nitrogen and oxygen atoms in total. The molecular formula is C15H21NO3. The van der Waals surface area contributed by atoms with Crippen molar-refractivity contribution in [1.82, 2.24) is 4.90 Å². The van der Waals surface area contributed by atoms with Crippen molar-refractivity contribution >= 4 is 5.97 Å². The molecule has 1 atom stereocenters. The summed E-state index contributed by atoms with van der Waals surface area (Å²) in [5.41, 5.74) is 2.34. The highest BCUT2D eigenvalue weighted by atomic mass is 16.5. The van der Waals surface area contributed by atoms with Crippen molar-refractivity contribution in [2.75, 3.05) is 19.7 Å². The molecule has 0 aliphatic carbocycles. The van der Waals surface area contributed by atoms with Crippen LogP contribution in [-0.4, -0.2) is 41.7 Å². The van der Waals surface area contributed by atoms with E-state index in [-0.39, 0.29) is 6.04 Å². The van der Waals surface area contributed by atoms with Gasteiger partial charge in [-0.15, -0.1) is 0 Å². The number of ether oxygens (including phenoxy) is 1. The molecule has 1 aliphatic rings. The van der Waals surface area contributed by atoms with Crippen molar-refractivity contribution in [2.45, 2.75) is 32.7 Å². The molecule has 0 spiro atoms. The second-order valence-corrected chi connectivity index (χ2v) is 5.15. The van der Waals surface area contributed by atoms with E-state index in [0.717, 1.165) is 30.7 Å². The lowest BCUT2D eigenvalue weighted by Crippen LogP contribution is -2.38. The minimum atomic E-state index is -0.719. The Morgan fingerprint density at radius 1 is 1.47 bits per heavy atom. The summed E-state index contributed by atoms with van der Waals surface area (Å²) in [5.74, 6) is 0.167. The van der Waals surface area contributed by atoms with Gasteiger partial charge in [0.15, 0.2) is 0 Å². The maximum Gasteiger partial charge on any atom is 0.320 e. The first-order valence-corrected chi connectivity index (χ1v) is 6.75. The number of aryl methyl sites for hydroxylation is 2. The van der Waals surface area contributed by atoms with Crippen molar-refractivity contribution in [2.24, 2.45) is 0 Å². The summed E-state index contributed by atoms with van der Waals surface area (Å²) >= 11 is 0. The molecule has 1 aromatic carbocycles. The number of carboxylic acid groups (broad SMARTS) is 1. The van der Waals surface area contributed by atoms with Crippen molar-refractivity contribution in [3.05, 3.63) is 29.3 Å². The normalized spacial score (nSPS) is 19.6. The molecule has 0 radical (unpaired) electrons. The fourth-order valence-corrected chi connectivity index (χ4v) is 2.61. The van der Waals surface area contributed by atoms with Crippen molar-refractivity contribution in [3.8, 4) is 5.75 Å². The molecule has 1 saturated heterocycles. The van der Waals surface area contributed by atoms with Crippen LogP contribution < -0.4 is 4.74 Å². The van der Waals surface area contributed by atoms with E-state index in [1.807, 2.05) is 24.0 Å². The largest absolute Gasteiger partial charge is 0.492 e. The van der Waals surface area contributed by atoms with E-state index in [9.17, 15) is 4.79 Å². The van der Waals surface area contributed by atoms with Gasteiger partial charge in [-0.2, -0.15) is 0 Å². The first-order valence-electron chi connectivity index (χ1n) is 6.75. The Morgan fingerprint density at radius 2 is 2.26 bits per heavy atom. The van der Waals surface area contributed by atoms with E-state index in [0.29, 0.717) is 13.2 Å². The second kappa shape index (κ2) is 6.06. The van der Waals surface area contributed by atoms with Crippen LogP contribution in [0.3, 0.4) is 0 Å². The van der Waals surface area contributed by atoms with Crippen molar-refractivity contribution < 1.29 is 14.6 Å². The van der Waals surface area contributed by atoms with Crippen LogP contribution in [0, 0.1) is 13.8 Å². The molecule has 2 rings (SSSR count). The smallest absolute Gasteiger partial charge is 0.320 e. The monoisotopic (exact) mass is 263 g/mol. The predicted molar refractivity (Wildman–Crippen MR) is 73.6 cm³/mol. The van der Waals surface area contributed by atoms with E-state index in [2.05, 4.69) is 13.0 Å². The molecule has 1 N–H and O–H groups in total. The minimum absolute atomic E-state index is 0.331. The quantitative estimate of drug-likeness (QED) is 0.885. The van der Waals surface area contributed by atoms with Crippen LogP contribution in [0.25, 0.3) is 0 Å². The standard InChI is InChI=1S/C15H21NO3/c1-11-5-6-14(12(2)10-11)19-9-8-16-7-3-4-13(16)15(17)18/h5-6,10,13H,3-4,7-9H2,1-2H3,(H,17,18). The highest BCUT2D eigenvalue weighted by Gasteiger charge is 2.29. The van der Waals surface area contributed by atoms with Crippen LogP contribution in [0.4, 0.5) is 0 Å². The summed E-state index contributed by atoms with van der Waals surface area (Å²) in [5, 5.41) is 9.09. The zero-order valence-corrected chi connectivity index (χ0v) is 11.6.